The number of phosphoric acid groups is 1. The number of aromatic carboxylic acids is 2. The van der Waals surface area contributed by atoms with Crippen molar-refractivity contribution in [2.24, 2.45) is 0 Å². The van der Waals surface area contributed by atoms with Gasteiger partial charge >= 0.3 is 25.7 Å². The molecular weight excluding hydrogens is 455 g/mol. The molecule has 0 saturated carbocycles. The third-order valence-electron chi connectivity index (χ3n) is 3.81. The zero-order valence-electron chi connectivity index (χ0n) is 18.6. The van der Waals surface area contributed by atoms with Gasteiger partial charge in [0.05, 0.1) is 11.1 Å². The Hall–Kier alpha value is -3.04. The van der Waals surface area contributed by atoms with Gasteiger partial charge in [0.1, 0.15) is 0 Å². The normalized spacial score (nSPS) is 10.1. The van der Waals surface area contributed by atoms with Gasteiger partial charge in [0, 0.05) is 6.42 Å². The van der Waals surface area contributed by atoms with Gasteiger partial charge in [-0.15, -0.1) is 0 Å². The van der Waals surface area contributed by atoms with Crippen LogP contribution in [0.3, 0.4) is 0 Å². The molecule has 0 heterocycles. The van der Waals surface area contributed by atoms with Gasteiger partial charge in [0.15, 0.2) is 0 Å². The third-order valence-corrected chi connectivity index (χ3v) is 4.08. The number of carbonyl (C=O) groups excluding carboxylic acids is 1. The maximum Gasteiger partial charge on any atom is 0.505 e. The Morgan fingerprint density at radius 2 is 1.18 bits per heavy atom. The van der Waals surface area contributed by atoms with Crippen LogP contribution in [0.15, 0.2) is 48.5 Å². The Bertz CT molecular complexity index is 862. The Morgan fingerprint density at radius 3 is 1.48 bits per heavy atom. The van der Waals surface area contributed by atoms with E-state index >= 15 is 0 Å². The molecule has 0 spiro atoms. The van der Waals surface area contributed by atoms with E-state index in [0.29, 0.717) is 17.5 Å². The summed E-state index contributed by atoms with van der Waals surface area (Å²) in [6.45, 7) is 5.81. The molecule has 0 amide bonds. The number of hydrogen-bond acceptors (Lipinski definition) is 6. The Balaban J connectivity index is 0.000000470. The molecule has 2 aromatic carbocycles. The van der Waals surface area contributed by atoms with Crippen molar-refractivity contribution in [3.8, 4) is 0 Å². The van der Waals surface area contributed by atoms with Crippen LogP contribution in [0, 0.1) is 13.8 Å². The van der Waals surface area contributed by atoms with Gasteiger partial charge in [0.2, 0.25) is 0 Å². The van der Waals surface area contributed by atoms with Crippen molar-refractivity contribution >= 4 is 25.7 Å². The number of carbonyl (C=O) groups is 3. The van der Waals surface area contributed by atoms with Crippen molar-refractivity contribution in [1.29, 1.82) is 0 Å². The highest BCUT2D eigenvalue weighted by atomic mass is 31.2. The smallest absolute Gasteiger partial charge is 0.478 e. The summed E-state index contributed by atoms with van der Waals surface area (Å²) < 4.78 is 13.6. The lowest BCUT2D eigenvalue weighted by Gasteiger charge is -2.02. The molecule has 0 radical (unpaired) electrons. The third kappa shape index (κ3) is 16.3. The minimum Gasteiger partial charge on any atom is -0.478 e. The van der Waals surface area contributed by atoms with Crippen molar-refractivity contribution in [2.45, 2.75) is 46.5 Å². The van der Waals surface area contributed by atoms with Crippen molar-refractivity contribution < 1.29 is 48.5 Å². The molecule has 0 aliphatic carbocycles. The van der Waals surface area contributed by atoms with Gasteiger partial charge in [-0.1, -0.05) is 59.8 Å². The Kier molecular flexibility index (Phi) is 14.3. The lowest BCUT2D eigenvalue weighted by atomic mass is 10.2. The summed E-state index contributed by atoms with van der Waals surface area (Å²) in [7, 11) is -4.70. The van der Waals surface area contributed by atoms with Crippen molar-refractivity contribution in [2.75, 3.05) is 0 Å². The molecule has 0 aliphatic rings. The summed E-state index contributed by atoms with van der Waals surface area (Å²) in [5.41, 5.74) is 2.83. The monoisotopic (exact) mass is 484 g/mol. The van der Waals surface area contributed by atoms with Crippen LogP contribution < -0.4 is 0 Å². The minimum atomic E-state index is -4.70. The SMILES string of the molecule is CCCCCC(=O)OOP(=O)(O)O.Cc1ccc(C(=O)O)cc1.Cc1ccc(C(=O)O)cc1. The first-order chi connectivity index (χ1) is 15.4. The van der Waals surface area contributed by atoms with Gasteiger partial charge < -0.3 is 20.0 Å². The number of benzene rings is 2. The van der Waals surface area contributed by atoms with Gasteiger partial charge in [-0.25, -0.2) is 18.9 Å². The van der Waals surface area contributed by atoms with E-state index in [1.165, 1.54) is 0 Å². The van der Waals surface area contributed by atoms with Gasteiger partial charge in [0.25, 0.3) is 0 Å². The van der Waals surface area contributed by atoms with E-state index in [4.69, 9.17) is 20.0 Å². The minimum absolute atomic E-state index is 0.105. The highest BCUT2D eigenvalue weighted by Gasteiger charge is 2.18. The summed E-state index contributed by atoms with van der Waals surface area (Å²) in [5.74, 6) is -2.52. The van der Waals surface area contributed by atoms with E-state index in [1.54, 1.807) is 48.5 Å². The number of hydrogen-bond donors (Lipinski definition) is 4. The molecule has 0 atom stereocenters. The first-order valence-electron chi connectivity index (χ1n) is 9.90. The second-order valence-electron chi connectivity index (χ2n) is 6.82. The number of rotatable bonds is 8. The lowest BCUT2D eigenvalue weighted by molar-refractivity contribution is -0.222. The largest absolute Gasteiger partial charge is 0.505 e. The molecule has 10 nitrogen and oxygen atoms in total. The Labute approximate surface area is 192 Å². The van der Waals surface area contributed by atoms with Crippen LogP contribution in [0.1, 0.15) is 64.4 Å². The molecule has 4 N–H and O–H groups in total. The van der Waals surface area contributed by atoms with Crippen molar-refractivity contribution in [3.05, 3.63) is 70.8 Å². The van der Waals surface area contributed by atoms with E-state index in [9.17, 15) is 18.9 Å². The molecule has 182 valence electrons. The maximum atomic E-state index is 10.7. The lowest BCUT2D eigenvalue weighted by Crippen LogP contribution is -2.03. The quantitative estimate of drug-likeness (QED) is 0.181. The van der Waals surface area contributed by atoms with Crippen LogP contribution in [0.25, 0.3) is 0 Å². The summed E-state index contributed by atoms with van der Waals surface area (Å²) in [6, 6.07) is 13.5. The predicted molar refractivity (Wildman–Crippen MR) is 120 cm³/mol. The number of aryl methyl sites for hydroxylation is 2. The van der Waals surface area contributed by atoms with Gasteiger partial charge in [-0.2, -0.15) is 0 Å². The second-order valence-corrected chi connectivity index (χ2v) is 7.95. The first-order valence-corrected chi connectivity index (χ1v) is 11.4. The number of carboxylic acids is 2. The van der Waals surface area contributed by atoms with E-state index in [0.717, 1.165) is 24.0 Å². The summed E-state index contributed by atoms with van der Waals surface area (Å²) in [6.07, 6.45) is 2.55. The van der Waals surface area contributed by atoms with E-state index in [1.807, 2.05) is 20.8 Å². The van der Waals surface area contributed by atoms with Crippen molar-refractivity contribution in [3.63, 3.8) is 0 Å². The van der Waals surface area contributed by atoms with Crippen LogP contribution in [-0.2, 0) is 18.9 Å². The number of carboxylic acid groups (broad SMARTS) is 2. The zero-order valence-corrected chi connectivity index (χ0v) is 19.5. The fourth-order valence-electron chi connectivity index (χ4n) is 2.04. The van der Waals surface area contributed by atoms with Gasteiger partial charge in [-0.05, 0) is 44.5 Å². The molecule has 0 aliphatic heterocycles. The molecule has 33 heavy (non-hydrogen) atoms. The van der Waals surface area contributed by atoms with Gasteiger partial charge in [-0.3, -0.25) is 4.89 Å². The molecule has 0 bridgehead atoms. The van der Waals surface area contributed by atoms with E-state index < -0.39 is 25.7 Å². The summed E-state index contributed by atoms with van der Waals surface area (Å²) >= 11 is 0. The fourth-order valence-corrected chi connectivity index (χ4v) is 2.22. The highest BCUT2D eigenvalue weighted by molar-refractivity contribution is 7.46. The molecule has 2 aromatic rings. The Morgan fingerprint density at radius 1 is 0.788 bits per heavy atom. The zero-order chi connectivity index (χ0) is 25.4. The van der Waals surface area contributed by atoms with Crippen LogP contribution in [0.5, 0.6) is 0 Å². The fraction of sp³-hybridized carbons (Fsp3) is 0.318. The molecule has 11 heteroatoms. The first kappa shape index (κ1) is 30.0. The van der Waals surface area contributed by atoms with E-state index in [2.05, 4.69) is 9.56 Å². The molecule has 0 fully saturated rings. The summed E-state index contributed by atoms with van der Waals surface area (Å²) in [5, 5.41) is 17.0. The molecule has 0 aromatic heterocycles. The highest BCUT2D eigenvalue weighted by Crippen LogP contribution is 2.36. The average Bonchev–Trinajstić information content (AvgIpc) is 2.73. The molecular formula is C22H29O10P. The van der Waals surface area contributed by atoms with E-state index in [-0.39, 0.29) is 6.42 Å². The summed E-state index contributed by atoms with van der Waals surface area (Å²) in [4.78, 5) is 51.4. The standard InChI is InChI=1S/2C8H8O2.C6H13O6P/c2*1-6-2-4-7(5-3-6)8(9)10;1-2-3-4-5-6(7)11-12-13(8,9)10/h2*2-5H,1H3,(H,9,10);2-5H2,1H3,(H2,8,9,10). The van der Waals surface area contributed by atoms with Crippen LogP contribution in [0.4, 0.5) is 0 Å². The molecule has 2 rings (SSSR count). The van der Waals surface area contributed by atoms with Crippen LogP contribution in [0.2, 0.25) is 0 Å². The van der Waals surface area contributed by atoms with Crippen molar-refractivity contribution in [1.82, 2.24) is 0 Å². The van der Waals surface area contributed by atoms with Crippen LogP contribution in [-0.4, -0.2) is 37.9 Å². The average molecular weight is 484 g/mol. The maximum absolute atomic E-state index is 10.7. The van der Waals surface area contributed by atoms with Crippen LogP contribution >= 0.6 is 7.82 Å². The molecule has 0 unspecified atom stereocenters. The topological polar surface area (TPSA) is 168 Å². The number of unbranched alkanes of at least 4 members (excludes halogenated alkanes) is 2. The second kappa shape index (κ2) is 15.7. The molecule has 0 saturated heterocycles. The predicted octanol–water partition coefficient (Wildman–Crippen LogP) is 4.52.